The molecule has 1 saturated heterocycles. The zero-order valence-electron chi connectivity index (χ0n) is 16.9. The number of amides is 2. The van der Waals surface area contributed by atoms with Gasteiger partial charge in [0.1, 0.15) is 0 Å². The minimum absolute atomic E-state index is 0.000394. The highest BCUT2D eigenvalue weighted by Gasteiger charge is 2.22. The van der Waals surface area contributed by atoms with Gasteiger partial charge in [0.25, 0.3) is 0 Å². The van der Waals surface area contributed by atoms with Crippen molar-refractivity contribution in [2.45, 2.75) is 26.2 Å². The average Bonchev–Trinajstić information content (AvgIpc) is 2.70. The van der Waals surface area contributed by atoms with Gasteiger partial charge < -0.3 is 15.0 Å². The van der Waals surface area contributed by atoms with E-state index in [2.05, 4.69) is 5.32 Å². The number of nitrogens with one attached hydrogen (secondary N) is 1. The summed E-state index contributed by atoms with van der Waals surface area (Å²) in [6, 6.07) is 7.42. The number of Topliss-reactive ketones (excluding diaryl/α,β-unsaturated/α-hetero) is 1. The van der Waals surface area contributed by atoms with E-state index in [1.54, 1.807) is 24.1 Å². The third kappa shape index (κ3) is 7.40. The number of ketones is 1. The van der Waals surface area contributed by atoms with Crippen LogP contribution in [-0.4, -0.2) is 80.4 Å². The first-order chi connectivity index (χ1) is 13.5. The Morgan fingerprint density at radius 1 is 1.04 bits per heavy atom. The molecule has 1 aliphatic rings. The SMILES string of the molecule is COCCCNC(=O)CN1CCN(C(=O)CCC(=O)c2ccc(C)cc2)CC1. The molecule has 2 amide bonds. The van der Waals surface area contributed by atoms with E-state index >= 15 is 0 Å². The number of methoxy groups -OCH3 is 1. The normalized spacial score (nSPS) is 14.7. The Morgan fingerprint density at radius 3 is 2.36 bits per heavy atom. The van der Waals surface area contributed by atoms with Gasteiger partial charge in [0.2, 0.25) is 11.8 Å². The highest BCUT2D eigenvalue weighted by Crippen LogP contribution is 2.10. The van der Waals surface area contributed by atoms with Crippen molar-refractivity contribution in [3.8, 4) is 0 Å². The van der Waals surface area contributed by atoms with E-state index in [1.165, 1.54) is 0 Å². The van der Waals surface area contributed by atoms with Gasteiger partial charge in [-0.2, -0.15) is 0 Å². The van der Waals surface area contributed by atoms with Crippen LogP contribution in [0.2, 0.25) is 0 Å². The number of carbonyl (C=O) groups excluding carboxylic acids is 3. The smallest absolute Gasteiger partial charge is 0.234 e. The van der Waals surface area contributed by atoms with E-state index in [4.69, 9.17) is 4.74 Å². The molecule has 0 unspecified atom stereocenters. The van der Waals surface area contributed by atoms with Crippen LogP contribution in [-0.2, 0) is 14.3 Å². The van der Waals surface area contributed by atoms with Gasteiger partial charge in [-0.25, -0.2) is 0 Å². The van der Waals surface area contributed by atoms with Crippen molar-refractivity contribution in [2.75, 3.05) is 53.0 Å². The molecular weight excluding hydrogens is 358 g/mol. The van der Waals surface area contributed by atoms with Crippen LogP contribution < -0.4 is 5.32 Å². The molecule has 0 aliphatic carbocycles. The summed E-state index contributed by atoms with van der Waals surface area (Å²) in [5.74, 6) is 0.000771. The molecule has 1 aliphatic heterocycles. The highest BCUT2D eigenvalue weighted by molar-refractivity contribution is 5.98. The number of rotatable bonds is 10. The van der Waals surface area contributed by atoms with Crippen molar-refractivity contribution in [1.82, 2.24) is 15.1 Å². The molecule has 0 spiro atoms. The lowest BCUT2D eigenvalue weighted by Crippen LogP contribution is -2.51. The van der Waals surface area contributed by atoms with Crippen LogP contribution in [0, 0.1) is 6.92 Å². The lowest BCUT2D eigenvalue weighted by atomic mass is 10.0. The minimum Gasteiger partial charge on any atom is -0.385 e. The maximum atomic E-state index is 12.4. The molecule has 0 atom stereocenters. The number of piperazine rings is 1. The molecule has 1 fully saturated rings. The van der Waals surface area contributed by atoms with Crippen LogP contribution in [0.15, 0.2) is 24.3 Å². The molecule has 1 N–H and O–H groups in total. The van der Waals surface area contributed by atoms with Gasteiger partial charge in [0.15, 0.2) is 5.78 Å². The molecule has 0 saturated carbocycles. The van der Waals surface area contributed by atoms with E-state index in [-0.39, 0.29) is 30.4 Å². The van der Waals surface area contributed by atoms with Crippen molar-refractivity contribution in [2.24, 2.45) is 0 Å². The van der Waals surface area contributed by atoms with Crippen molar-refractivity contribution < 1.29 is 19.1 Å². The number of hydrogen-bond donors (Lipinski definition) is 1. The van der Waals surface area contributed by atoms with Gasteiger partial charge in [0.05, 0.1) is 6.54 Å². The van der Waals surface area contributed by atoms with E-state index in [0.29, 0.717) is 51.4 Å². The van der Waals surface area contributed by atoms with Gasteiger partial charge in [-0.15, -0.1) is 0 Å². The Balaban J connectivity index is 1.65. The van der Waals surface area contributed by atoms with Crippen LogP contribution in [0.3, 0.4) is 0 Å². The predicted molar refractivity (Wildman–Crippen MR) is 107 cm³/mol. The number of hydrogen-bond acceptors (Lipinski definition) is 5. The molecular formula is C21H31N3O4. The fourth-order valence-corrected chi connectivity index (χ4v) is 3.12. The number of aryl methyl sites for hydroxylation is 1. The monoisotopic (exact) mass is 389 g/mol. The largest absolute Gasteiger partial charge is 0.385 e. The summed E-state index contributed by atoms with van der Waals surface area (Å²) in [4.78, 5) is 40.3. The van der Waals surface area contributed by atoms with Crippen LogP contribution >= 0.6 is 0 Å². The van der Waals surface area contributed by atoms with E-state index in [0.717, 1.165) is 12.0 Å². The topological polar surface area (TPSA) is 79.0 Å². The van der Waals surface area contributed by atoms with Crippen LogP contribution in [0.1, 0.15) is 35.2 Å². The Labute approximate surface area is 167 Å². The van der Waals surface area contributed by atoms with Crippen LogP contribution in [0.4, 0.5) is 0 Å². The molecule has 7 heteroatoms. The lowest BCUT2D eigenvalue weighted by Gasteiger charge is -2.34. The lowest BCUT2D eigenvalue weighted by molar-refractivity contribution is -0.133. The summed E-state index contributed by atoms with van der Waals surface area (Å²) >= 11 is 0. The van der Waals surface area contributed by atoms with Gasteiger partial charge in [-0.3, -0.25) is 19.3 Å². The second-order valence-corrected chi connectivity index (χ2v) is 7.14. The maximum absolute atomic E-state index is 12.4. The third-order valence-electron chi connectivity index (χ3n) is 4.88. The zero-order chi connectivity index (χ0) is 20.4. The fraction of sp³-hybridized carbons (Fsp3) is 0.571. The number of benzene rings is 1. The molecule has 28 heavy (non-hydrogen) atoms. The zero-order valence-corrected chi connectivity index (χ0v) is 16.9. The number of carbonyl (C=O) groups is 3. The summed E-state index contributed by atoms with van der Waals surface area (Å²) < 4.78 is 4.95. The number of nitrogens with zero attached hydrogens (tertiary/aromatic N) is 2. The second-order valence-electron chi connectivity index (χ2n) is 7.14. The summed E-state index contributed by atoms with van der Waals surface area (Å²) in [6.45, 7) is 6.09. The Kier molecular flexibility index (Phi) is 9.10. The van der Waals surface area contributed by atoms with Gasteiger partial charge in [-0.1, -0.05) is 29.8 Å². The summed E-state index contributed by atoms with van der Waals surface area (Å²) in [5, 5.41) is 2.87. The summed E-state index contributed by atoms with van der Waals surface area (Å²) in [5.41, 5.74) is 1.76. The summed E-state index contributed by atoms with van der Waals surface area (Å²) in [7, 11) is 1.64. The molecule has 0 aromatic heterocycles. The molecule has 2 rings (SSSR count). The van der Waals surface area contributed by atoms with E-state index < -0.39 is 0 Å². The van der Waals surface area contributed by atoms with Crippen LogP contribution in [0.25, 0.3) is 0 Å². The van der Waals surface area contributed by atoms with Crippen molar-refractivity contribution >= 4 is 17.6 Å². The Bertz CT molecular complexity index is 652. The van der Waals surface area contributed by atoms with Crippen molar-refractivity contribution in [1.29, 1.82) is 0 Å². The predicted octanol–water partition coefficient (Wildman–Crippen LogP) is 1.25. The Morgan fingerprint density at radius 2 is 1.71 bits per heavy atom. The first kappa shape index (κ1) is 22.0. The molecule has 1 aromatic carbocycles. The van der Waals surface area contributed by atoms with E-state index in [9.17, 15) is 14.4 Å². The minimum atomic E-state index is -0.00266. The second kappa shape index (κ2) is 11.6. The van der Waals surface area contributed by atoms with Crippen molar-refractivity contribution in [3.05, 3.63) is 35.4 Å². The fourth-order valence-electron chi connectivity index (χ4n) is 3.12. The van der Waals surface area contributed by atoms with Gasteiger partial charge in [0, 0.05) is 64.8 Å². The first-order valence-electron chi connectivity index (χ1n) is 9.85. The number of ether oxygens (including phenoxy) is 1. The van der Waals surface area contributed by atoms with Gasteiger partial charge in [-0.05, 0) is 13.3 Å². The maximum Gasteiger partial charge on any atom is 0.234 e. The average molecular weight is 389 g/mol. The first-order valence-corrected chi connectivity index (χ1v) is 9.85. The molecule has 1 aromatic rings. The van der Waals surface area contributed by atoms with Crippen molar-refractivity contribution in [3.63, 3.8) is 0 Å². The highest BCUT2D eigenvalue weighted by atomic mass is 16.5. The quantitative estimate of drug-likeness (QED) is 0.481. The standard InChI is InChI=1S/C21H31N3O4/c1-17-4-6-18(7-5-17)19(25)8-9-21(27)24-13-11-23(12-14-24)16-20(26)22-10-3-15-28-2/h4-7H,3,8-16H2,1-2H3,(H,22,26). The molecule has 0 bridgehead atoms. The van der Waals surface area contributed by atoms with Crippen LogP contribution in [0.5, 0.6) is 0 Å². The van der Waals surface area contributed by atoms with E-state index in [1.807, 2.05) is 24.0 Å². The third-order valence-corrected chi connectivity index (χ3v) is 4.88. The Hall–Kier alpha value is -2.25. The molecule has 154 valence electrons. The molecule has 1 heterocycles. The molecule has 7 nitrogen and oxygen atoms in total. The van der Waals surface area contributed by atoms with Gasteiger partial charge >= 0.3 is 0 Å². The summed E-state index contributed by atoms with van der Waals surface area (Å²) in [6.07, 6.45) is 1.25. The molecule has 0 radical (unpaired) electrons.